The average molecular weight is 262 g/mol. The molecule has 2 atom stereocenters. The Morgan fingerprint density at radius 2 is 2.16 bits per heavy atom. The molecule has 4 nitrogen and oxygen atoms in total. The summed E-state index contributed by atoms with van der Waals surface area (Å²) in [6.07, 6.45) is -0.286. The number of hydrogen-bond donors (Lipinski definition) is 1. The zero-order valence-electron chi connectivity index (χ0n) is 11.2. The van der Waals surface area contributed by atoms with Crippen molar-refractivity contribution in [2.45, 2.75) is 32.8 Å². The summed E-state index contributed by atoms with van der Waals surface area (Å²) in [6, 6.07) is 7.33. The van der Waals surface area contributed by atoms with Crippen molar-refractivity contribution >= 4 is 11.8 Å². The van der Waals surface area contributed by atoms with E-state index in [2.05, 4.69) is 0 Å². The molecule has 4 heteroatoms. The molecule has 19 heavy (non-hydrogen) atoms. The number of esters is 1. The van der Waals surface area contributed by atoms with Gasteiger partial charge in [0.05, 0.1) is 12.0 Å². The Hall–Kier alpha value is -1.68. The summed E-state index contributed by atoms with van der Waals surface area (Å²) in [5, 5.41) is 10.1. The minimum absolute atomic E-state index is 0.185. The van der Waals surface area contributed by atoms with Gasteiger partial charge in [0.1, 0.15) is 0 Å². The first-order valence-electron chi connectivity index (χ1n) is 6.48. The molecule has 1 aromatic rings. The maximum absolute atomic E-state index is 12.5. The van der Waals surface area contributed by atoms with Crippen LogP contribution in [-0.4, -0.2) is 29.6 Å². The van der Waals surface area contributed by atoms with Crippen molar-refractivity contribution in [3.05, 3.63) is 35.4 Å². The molecule has 0 fully saturated rings. The molecule has 1 aliphatic rings. The number of hydrogen-bond acceptors (Lipinski definition) is 4. The standard InChI is InChI=1S/C15H18O4/c1-3-19-14(18)13(17)15(2)9-8-10-6-4-5-7-11(10)12(15)16/h4-7,13,17H,3,8-9H2,1-2H3/t13-,15-/m1/s1. The molecule has 0 aliphatic heterocycles. The second-order valence-electron chi connectivity index (χ2n) is 5.06. The third kappa shape index (κ3) is 2.28. The highest BCUT2D eigenvalue weighted by Gasteiger charge is 2.47. The molecule has 0 amide bonds. The second kappa shape index (κ2) is 5.13. The SMILES string of the molecule is CCOC(=O)[C@@H](O)[C@]1(C)CCc2ccccc2C1=O. The van der Waals surface area contributed by atoms with Gasteiger partial charge in [0.25, 0.3) is 0 Å². The lowest BCUT2D eigenvalue weighted by Crippen LogP contribution is -2.47. The van der Waals surface area contributed by atoms with E-state index in [1.807, 2.05) is 12.1 Å². The van der Waals surface area contributed by atoms with Gasteiger partial charge in [-0.15, -0.1) is 0 Å². The quantitative estimate of drug-likeness (QED) is 0.843. The van der Waals surface area contributed by atoms with E-state index in [0.717, 1.165) is 5.56 Å². The van der Waals surface area contributed by atoms with E-state index in [1.54, 1.807) is 26.0 Å². The molecule has 2 rings (SSSR count). The average Bonchev–Trinajstić information content (AvgIpc) is 2.43. The summed E-state index contributed by atoms with van der Waals surface area (Å²) in [7, 11) is 0. The van der Waals surface area contributed by atoms with Crippen LogP contribution in [0.4, 0.5) is 0 Å². The Kier molecular flexibility index (Phi) is 3.71. The number of benzene rings is 1. The summed E-state index contributed by atoms with van der Waals surface area (Å²) in [6.45, 7) is 3.49. The van der Waals surface area contributed by atoms with Crippen LogP contribution in [0.1, 0.15) is 36.2 Å². The van der Waals surface area contributed by atoms with E-state index in [-0.39, 0.29) is 12.4 Å². The summed E-state index contributed by atoms with van der Waals surface area (Å²) < 4.78 is 4.82. The van der Waals surface area contributed by atoms with Crippen molar-refractivity contribution in [3.63, 3.8) is 0 Å². The van der Waals surface area contributed by atoms with Gasteiger partial charge in [0, 0.05) is 5.56 Å². The smallest absolute Gasteiger partial charge is 0.336 e. The van der Waals surface area contributed by atoms with E-state index >= 15 is 0 Å². The van der Waals surface area contributed by atoms with Crippen LogP contribution in [0.2, 0.25) is 0 Å². The van der Waals surface area contributed by atoms with Gasteiger partial charge in [-0.3, -0.25) is 4.79 Å². The zero-order chi connectivity index (χ0) is 14.0. The van der Waals surface area contributed by atoms with E-state index < -0.39 is 17.5 Å². The highest BCUT2D eigenvalue weighted by molar-refractivity contribution is 6.05. The Labute approximate surface area is 112 Å². The van der Waals surface area contributed by atoms with Crippen LogP contribution >= 0.6 is 0 Å². The van der Waals surface area contributed by atoms with Crippen LogP contribution in [0.3, 0.4) is 0 Å². The fourth-order valence-corrected chi connectivity index (χ4v) is 2.52. The normalized spacial score (nSPS) is 23.6. The molecule has 0 saturated heterocycles. The largest absolute Gasteiger partial charge is 0.464 e. The summed E-state index contributed by atoms with van der Waals surface area (Å²) >= 11 is 0. The third-order valence-electron chi connectivity index (χ3n) is 3.81. The number of carbonyl (C=O) groups excluding carboxylic acids is 2. The summed E-state index contributed by atoms with van der Waals surface area (Å²) in [5.41, 5.74) is 0.473. The van der Waals surface area contributed by atoms with Crippen molar-refractivity contribution in [2.24, 2.45) is 5.41 Å². The predicted octanol–water partition coefficient (Wildman–Crippen LogP) is 1.75. The molecule has 0 aromatic heterocycles. The number of rotatable bonds is 3. The first kappa shape index (κ1) is 13.7. The van der Waals surface area contributed by atoms with Gasteiger partial charge in [-0.1, -0.05) is 24.3 Å². The van der Waals surface area contributed by atoms with Crippen molar-refractivity contribution in [3.8, 4) is 0 Å². The van der Waals surface area contributed by atoms with Gasteiger partial charge in [-0.05, 0) is 32.3 Å². The number of ketones is 1. The minimum atomic E-state index is -1.41. The van der Waals surface area contributed by atoms with Crippen LogP contribution in [-0.2, 0) is 16.0 Å². The van der Waals surface area contributed by atoms with Crippen LogP contribution in [0, 0.1) is 5.41 Å². The molecule has 0 saturated carbocycles. The first-order valence-corrected chi connectivity index (χ1v) is 6.48. The number of aliphatic hydroxyl groups is 1. The van der Waals surface area contributed by atoms with Crippen LogP contribution in [0.15, 0.2) is 24.3 Å². The summed E-state index contributed by atoms with van der Waals surface area (Å²) in [4.78, 5) is 24.2. The monoisotopic (exact) mass is 262 g/mol. The highest BCUT2D eigenvalue weighted by atomic mass is 16.5. The highest BCUT2D eigenvalue weighted by Crippen LogP contribution is 2.38. The number of aliphatic hydroxyl groups excluding tert-OH is 1. The van der Waals surface area contributed by atoms with E-state index in [9.17, 15) is 14.7 Å². The third-order valence-corrected chi connectivity index (χ3v) is 3.81. The van der Waals surface area contributed by atoms with Crippen molar-refractivity contribution in [1.29, 1.82) is 0 Å². The van der Waals surface area contributed by atoms with Crippen LogP contribution in [0.25, 0.3) is 0 Å². The zero-order valence-corrected chi connectivity index (χ0v) is 11.2. The van der Waals surface area contributed by atoms with Crippen molar-refractivity contribution < 1.29 is 19.4 Å². The maximum atomic E-state index is 12.5. The molecule has 1 N–H and O–H groups in total. The van der Waals surface area contributed by atoms with Gasteiger partial charge in [-0.2, -0.15) is 0 Å². The number of ether oxygens (including phenoxy) is 1. The maximum Gasteiger partial charge on any atom is 0.336 e. The van der Waals surface area contributed by atoms with E-state index in [4.69, 9.17) is 4.74 Å². The van der Waals surface area contributed by atoms with E-state index in [0.29, 0.717) is 18.4 Å². The fraction of sp³-hybridized carbons (Fsp3) is 0.467. The number of fused-ring (bicyclic) bond motifs is 1. The Balaban J connectivity index is 2.32. The molecule has 0 heterocycles. The molecule has 1 aromatic carbocycles. The Morgan fingerprint density at radius 1 is 1.47 bits per heavy atom. The summed E-state index contributed by atoms with van der Waals surface area (Å²) in [5.74, 6) is -0.910. The molecular formula is C15H18O4. The molecular weight excluding hydrogens is 244 g/mol. The molecule has 0 radical (unpaired) electrons. The number of Topliss-reactive ketones (excluding diaryl/α,β-unsaturated/α-hetero) is 1. The Morgan fingerprint density at radius 3 is 2.84 bits per heavy atom. The predicted molar refractivity (Wildman–Crippen MR) is 69.8 cm³/mol. The van der Waals surface area contributed by atoms with Gasteiger partial charge >= 0.3 is 5.97 Å². The lowest BCUT2D eigenvalue weighted by molar-refractivity contribution is -0.158. The first-order chi connectivity index (χ1) is 9.00. The Bertz CT molecular complexity index is 509. The van der Waals surface area contributed by atoms with Crippen LogP contribution < -0.4 is 0 Å². The molecule has 0 bridgehead atoms. The molecule has 102 valence electrons. The lowest BCUT2D eigenvalue weighted by atomic mass is 9.68. The second-order valence-corrected chi connectivity index (χ2v) is 5.06. The van der Waals surface area contributed by atoms with Gasteiger partial charge in [0.2, 0.25) is 0 Å². The van der Waals surface area contributed by atoms with Crippen molar-refractivity contribution in [2.75, 3.05) is 6.61 Å². The topological polar surface area (TPSA) is 63.6 Å². The molecule has 0 spiro atoms. The fourth-order valence-electron chi connectivity index (χ4n) is 2.52. The van der Waals surface area contributed by atoms with Gasteiger partial charge in [-0.25, -0.2) is 4.79 Å². The lowest BCUT2D eigenvalue weighted by Gasteiger charge is -2.35. The number of carbonyl (C=O) groups is 2. The number of aryl methyl sites for hydroxylation is 1. The van der Waals surface area contributed by atoms with Gasteiger partial charge in [0.15, 0.2) is 11.9 Å². The molecule has 0 unspecified atom stereocenters. The molecule has 1 aliphatic carbocycles. The minimum Gasteiger partial charge on any atom is -0.464 e. The van der Waals surface area contributed by atoms with Gasteiger partial charge < -0.3 is 9.84 Å². The van der Waals surface area contributed by atoms with E-state index in [1.165, 1.54) is 0 Å². The van der Waals surface area contributed by atoms with Crippen LogP contribution in [0.5, 0.6) is 0 Å². The van der Waals surface area contributed by atoms with Crippen molar-refractivity contribution in [1.82, 2.24) is 0 Å².